The van der Waals surface area contributed by atoms with E-state index in [2.05, 4.69) is 37.4 Å². The van der Waals surface area contributed by atoms with Gasteiger partial charge >= 0.3 is 0 Å². The number of aryl methyl sites for hydroxylation is 1. The fourth-order valence-electron chi connectivity index (χ4n) is 5.65. The number of benzene rings is 2. The van der Waals surface area contributed by atoms with Crippen LogP contribution < -0.4 is 15.1 Å². The first-order valence-electron chi connectivity index (χ1n) is 11.9. The van der Waals surface area contributed by atoms with E-state index in [1.165, 1.54) is 37.2 Å². The Kier molecular flexibility index (Phi) is 5.78. The summed E-state index contributed by atoms with van der Waals surface area (Å²) in [5, 5.41) is 3.49. The number of nitrogens with zero attached hydrogens (tertiary/aromatic N) is 1. The van der Waals surface area contributed by atoms with Crippen molar-refractivity contribution in [3.8, 4) is 0 Å². The molecule has 1 spiro atoms. The predicted octanol–water partition coefficient (Wildman–Crippen LogP) is 3.12. The molecule has 2 N–H and O–H groups in total. The first-order valence-corrected chi connectivity index (χ1v) is 11.9. The first kappa shape index (κ1) is 21.2. The third-order valence-electron chi connectivity index (χ3n) is 7.44. The van der Waals surface area contributed by atoms with Gasteiger partial charge in [0.15, 0.2) is 0 Å². The van der Waals surface area contributed by atoms with Gasteiger partial charge in [0.25, 0.3) is 5.91 Å². The number of rotatable bonds is 5. The van der Waals surface area contributed by atoms with E-state index >= 15 is 0 Å². The Labute approximate surface area is 191 Å². The molecule has 0 bridgehead atoms. The monoisotopic (exact) mass is 432 g/mol. The summed E-state index contributed by atoms with van der Waals surface area (Å²) in [5.41, 5.74) is 5.30. The van der Waals surface area contributed by atoms with Crippen molar-refractivity contribution in [2.24, 2.45) is 5.41 Å². The SMILES string of the molecule is Cc1cc(N2C(=O)C=C(OCc3ccccc3)CC2C)ccc1[NH+]1CC2(CCNCC2)C1. The molecule has 0 radical (unpaired) electrons. The molecular weight excluding hydrogens is 398 g/mol. The minimum atomic E-state index is 0.00363. The van der Waals surface area contributed by atoms with E-state index < -0.39 is 0 Å². The van der Waals surface area contributed by atoms with Crippen molar-refractivity contribution >= 4 is 17.3 Å². The second-order valence-electron chi connectivity index (χ2n) is 9.85. The zero-order valence-corrected chi connectivity index (χ0v) is 19.2. The number of hydrogen-bond donors (Lipinski definition) is 2. The highest BCUT2D eigenvalue weighted by Gasteiger charge is 2.48. The molecule has 0 saturated carbocycles. The van der Waals surface area contributed by atoms with E-state index in [9.17, 15) is 4.79 Å². The van der Waals surface area contributed by atoms with Crippen molar-refractivity contribution in [3.05, 3.63) is 71.5 Å². The lowest BCUT2D eigenvalue weighted by atomic mass is 9.72. The Morgan fingerprint density at radius 1 is 1.12 bits per heavy atom. The minimum Gasteiger partial charge on any atom is -0.493 e. The number of carbonyl (C=O) groups is 1. The van der Waals surface area contributed by atoms with Crippen LogP contribution in [0.1, 0.15) is 37.3 Å². The summed E-state index contributed by atoms with van der Waals surface area (Å²) < 4.78 is 5.95. The third-order valence-corrected chi connectivity index (χ3v) is 7.44. The molecule has 3 aliphatic rings. The molecule has 1 unspecified atom stereocenters. The molecule has 0 aromatic heterocycles. The van der Waals surface area contributed by atoms with E-state index in [4.69, 9.17) is 4.74 Å². The molecule has 1 amide bonds. The van der Waals surface area contributed by atoms with Crippen LogP contribution >= 0.6 is 0 Å². The predicted molar refractivity (Wildman–Crippen MR) is 127 cm³/mol. The van der Waals surface area contributed by atoms with Crippen LogP contribution in [0.2, 0.25) is 0 Å². The summed E-state index contributed by atoms with van der Waals surface area (Å²) in [7, 11) is 0. The van der Waals surface area contributed by atoms with Crippen LogP contribution in [0, 0.1) is 12.3 Å². The standard InChI is InChI=1S/C27H33N3O2/c1-20-14-23(8-9-25(20)29-18-27(19-29)10-12-28-13-11-27)30-21(2)15-24(16-26(30)31)32-17-22-6-4-3-5-7-22/h3-9,14,16,21,28H,10-13,15,17-19H2,1-2H3/p+1. The molecule has 3 heterocycles. The molecule has 168 valence electrons. The van der Waals surface area contributed by atoms with Gasteiger partial charge in [-0.25, -0.2) is 0 Å². The topological polar surface area (TPSA) is 46.0 Å². The molecule has 5 nitrogen and oxygen atoms in total. The van der Waals surface area contributed by atoms with Crippen molar-refractivity contribution in [2.45, 2.75) is 45.8 Å². The van der Waals surface area contributed by atoms with E-state index in [0.29, 0.717) is 12.0 Å². The average Bonchev–Trinajstić information content (AvgIpc) is 2.77. The number of anilines is 1. The van der Waals surface area contributed by atoms with Gasteiger partial charge in [0, 0.05) is 35.9 Å². The maximum absolute atomic E-state index is 13.0. The van der Waals surface area contributed by atoms with Crippen molar-refractivity contribution in [3.63, 3.8) is 0 Å². The summed E-state index contributed by atoms with van der Waals surface area (Å²) >= 11 is 0. The average molecular weight is 433 g/mol. The second kappa shape index (κ2) is 8.72. The van der Waals surface area contributed by atoms with Crippen molar-refractivity contribution in [2.75, 3.05) is 31.1 Å². The lowest BCUT2D eigenvalue weighted by molar-refractivity contribution is -0.902. The normalized spacial score (nSPS) is 23.1. The maximum atomic E-state index is 13.0. The Balaban J connectivity index is 1.25. The number of ether oxygens (including phenoxy) is 1. The van der Waals surface area contributed by atoms with Gasteiger partial charge < -0.3 is 19.9 Å². The van der Waals surface area contributed by atoms with Gasteiger partial charge in [0.1, 0.15) is 18.1 Å². The lowest BCUT2D eigenvalue weighted by Gasteiger charge is -2.48. The number of amides is 1. The van der Waals surface area contributed by atoms with Crippen LogP contribution in [0.25, 0.3) is 0 Å². The summed E-state index contributed by atoms with van der Waals surface area (Å²) in [6, 6.07) is 16.7. The first-order chi connectivity index (χ1) is 15.5. The van der Waals surface area contributed by atoms with Gasteiger partial charge in [0.2, 0.25) is 0 Å². The third kappa shape index (κ3) is 4.19. The van der Waals surface area contributed by atoms with E-state index in [1.54, 1.807) is 11.0 Å². The maximum Gasteiger partial charge on any atom is 0.254 e. The highest BCUT2D eigenvalue weighted by atomic mass is 16.5. The van der Waals surface area contributed by atoms with Gasteiger partial charge in [0.05, 0.1) is 18.5 Å². The van der Waals surface area contributed by atoms with Crippen LogP contribution in [0.15, 0.2) is 60.4 Å². The van der Waals surface area contributed by atoms with Crippen LogP contribution in [-0.4, -0.2) is 38.1 Å². The molecule has 32 heavy (non-hydrogen) atoms. The quantitative estimate of drug-likeness (QED) is 0.763. The highest BCUT2D eigenvalue weighted by Crippen LogP contribution is 2.33. The van der Waals surface area contributed by atoms with Gasteiger partial charge in [-0.15, -0.1) is 0 Å². The number of nitrogens with one attached hydrogen (secondary N) is 2. The zero-order chi connectivity index (χ0) is 22.1. The van der Waals surface area contributed by atoms with Crippen molar-refractivity contribution in [1.82, 2.24) is 5.32 Å². The Morgan fingerprint density at radius 3 is 2.56 bits per heavy atom. The Morgan fingerprint density at radius 2 is 1.88 bits per heavy atom. The summed E-state index contributed by atoms with van der Waals surface area (Å²) in [4.78, 5) is 16.5. The Bertz CT molecular complexity index is 1000. The number of quaternary nitrogens is 1. The van der Waals surface area contributed by atoms with E-state index in [1.807, 2.05) is 35.2 Å². The summed E-state index contributed by atoms with van der Waals surface area (Å²) in [6.07, 6.45) is 4.99. The van der Waals surface area contributed by atoms with Gasteiger partial charge in [-0.3, -0.25) is 4.79 Å². The molecule has 2 aromatic rings. The molecule has 5 heteroatoms. The van der Waals surface area contributed by atoms with Gasteiger partial charge in [-0.2, -0.15) is 0 Å². The second-order valence-corrected chi connectivity index (χ2v) is 9.85. The molecule has 2 saturated heterocycles. The molecule has 3 aliphatic heterocycles. The molecule has 0 aliphatic carbocycles. The smallest absolute Gasteiger partial charge is 0.254 e. The van der Waals surface area contributed by atoms with Gasteiger partial charge in [-0.05, 0) is 57.5 Å². The van der Waals surface area contributed by atoms with Crippen LogP contribution in [0.4, 0.5) is 11.4 Å². The summed E-state index contributed by atoms with van der Waals surface area (Å²) in [5.74, 6) is 0.775. The molecule has 2 fully saturated rings. The van der Waals surface area contributed by atoms with E-state index in [-0.39, 0.29) is 11.9 Å². The molecule has 5 rings (SSSR count). The largest absolute Gasteiger partial charge is 0.493 e. The van der Waals surface area contributed by atoms with Crippen molar-refractivity contribution in [1.29, 1.82) is 0 Å². The van der Waals surface area contributed by atoms with E-state index in [0.717, 1.165) is 36.5 Å². The fourth-order valence-corrected chi connectivity index (χ4v) is 5.65. The van der Waals surface area contributed by atoms with Crippen LogP contribution in [0.3, 0.4) is 0 Å². The zero-order valence-electron chi connectivity index (χ0n) is 19.2. The summed E-state index contributed by atoms with van der Waals surface area (Å²) in [6.45, 7) is 9.56. The minimum absolute atomic E-state index is 0.00363. The highest BCUT2D eigenvalue weighted by molar-refractivity contribution is 6.03. The fraction of sp³-hybridized carbons (Fsp3) is 0.444. The molecule has 2 aromatic carbocycles. The number of piperidine rings is 1. The van der Waals surface area contributed by atoms with Crippen LogP contribution in [0.5, 0.6) is 0 Å². The molecule has 1 atom stereocenters. The Hall–Kier alpha value is -2.63. The van der Waals surface area contributed by atoms with Crippen LogP contribution in [-0.2, 0) is 16.1 Å². The molecular formula is C27H34N3O2+. The van der Waals surface area contributed by atoms with Gasteiger partial charge in [-0.1, -0.05) is 30.3 Å². The number of carbonyl (C=O) groups excluding carboxylic acids is 1. The van der Waals surface area contributed by atoms with Crippen molar-refractivity contribution < 1.29 is 14.4 Å². The number of hydrogen-bond acceptors (Lipinski definition) is 3. The lowest BCUT2D eigenvalue weighted by Crippen LogP contribution is -3.18.